The minimum Gasteiger partial charge on any atom is -0.395 e. The van der Waals surface area contributed by atoms with Gasteiger partial charge >= 0.3 is 0 Å². The number of carbonyl (C=O) groups excluding carboxylic acids is 1. The molecule has 4 rings (SSSR count). The van der Waals surface area contributed by atoms with E-state index in [1.807, 2.05) is 36.4 Å². The fraction of sp³-hybridized carbons (Fsp3) is 0.174. The van der Waals surface area contributed by atoms with Gasteiger partial charge in [-0.1, -0.05) is 42.5 Å². The highest BCUT2D eigenvalue weighted by molar-refractivity contribution is 6.06. The molecule has 2 aromatic carbocycles. The number of amides is 1. The van der Waals surface area contributed by atoms with Crippen molar-refractivity contribution in [3.63, 3.8) is 0 Å². The minimum absolute atomic E-state index is 0.124. The van der Waals surface area contributed by atoms with Crippen LogP contribution in [0.25, 0.3) is 22.3 Å². The number of aromatic nitrogens is 3. The van der Waals surface area contributed by atoms with Crippen molar-refractivity contribution in [2.45, 2.75) is 6.54 Å². The van der Waals surface area contributed by atoms with Crippen molar-refractivity contribution in [1.82, 2.24) is 19.7 Å². The fourth-order valence-electron chi connectivity index (χ4n) is 3.36. The first-order valence-electron chi connectivity index (χ1n) is 9.59. The van der Waals surface area contributed by atoms with E-state index in [1.165, 1.54) is 17.0 Å². The molecule has 0 aliphatic rings. The molecular formula is C23H21FN4O2. The van der Waals surface area contributed by atoms with Gasteiger partial charge in [0.25, 0.3) is 5.91 Å². The quantitative estimate of drug-likeness (QED) is 0.535. The highest BCUT2D eigenvalue weighted by Gasteiger charge is 2.20. The van der Waals surface area contributed by atoms with Crippen molar-refractivity contribution in [2.24, 2.45) is 0 Å². The second-order valence-corrected chi connectivity index (χ2v) is 7.04. The van der Waals surface area contributed by atoms with Gasteiger partial charge in [-0.3, -0.25) is 4.79 Å². The van der Waals surface area contributed by atoms with Crippen LogP contribution in [0, 0.1) is 5.82 Å². The third-order valence-electron chi connectivity index (χ3n) is 4.91. The number of pyridine rings is 1. The maximum absolute atomic E-state index is 13.6. The van der Waals surface area contributed by atoms with Crippen LogP contribution < -0.4 is 0 Å². The average molecular weight is 404 g/mol. The van der Waals surface area contributed by atoms with Crippen LogP contribution in [0.5, 0.6) is 0 Å². The number of benzene rings is 2. The standard InChI is InChI=1S/C23H21FN4O2/c1-27(10-11-29)23(30)19-13-21(17-7-3-2-4-8-17)26-22-20(19)14-25-28(22)15-16-6-5-9-18(24)12-16/h2-9,12-14,29H,10-11,15H2,1H3. The van der Waals surface area contributed by atoms with E-state index in [-0.39, 0.29) is 24.9 Å². The van der Waals surface area contributed by atoms with Gasteiger partial charge in [0.15, 0.2) is 5.65 Å². The number of nitrogens with zero attached hydrogens (tertiary/aromatic N) is 4. The Morgan fingerprint density at radius 1 is 1.13 bits per heavy atom. The number of aliphatic hydroxyl groups excluding tert-OH is 1. The number of aliphatic hydroxyl groups is 1. The second kappa shape index (κ2) is 8.42. The van der Waals surface area contributed by atoms with Crippen molar-refractivity contribution < 1.29 is 14.3 Å². The molecular weight excluding hydrogens is 383 g/mol. The van der Waals surface area contributed by atoms with Crippen LogP contribution in [-0.4, -0.2) is 50.9 Å². The Labute approximate surface area is 173 Å². The van der Waals surface area contributed by atoms with E-state index in [0.717, 1.165) is 11.1 Å². The Bertz CT molecular complexity index is 1190. The second-order valence-electron chi connectivity index (χ2n) is 7.04. The summed E-state index contributed by atoms with van der Waals surface area (Å²) in [6, 6.07) is 17.6. The van der Waals surface area contributed by atoms with Crippen molar-refractivity contribution >= 4 is 16.9 Å². The number of halogens is 1. The van der Waals surface area contributed by atoms with E-state index in [0.29, 0.717) is 28.8 Å². The smallest absolute Gasteiger partial charge is 0.254 e. The molecule has 7 heteroatoms. The number of hydrogen-bond acceptors (Lipinski definition) is 4. The van der Waals surface area contributed by atoms with Crippen LogP contribution in [-0.2, 0) is 6.54 Å². The number of hydrogen-bond donors (Lipinski definition) is 1. The monoisotopic (exact) mass is 404 g/mol. The van der Waals surface area contributed by atoms with E-state index in [1.54, 1.807) is 30.1 Å². The first-order chi connectivity index (χ1) is 14.6. The summed E-state index contributed by atoms with van der Waals surface area (Å²) < 4.78 is 15.3. The van der Waals surface area contributed by atoms with Gasteiger partial charge in [0.1, 0.15) is 5.82 Å². The lowest BCUT2D eigenvalue weighted by Crippen LogP contribution is -2.29. The van der Waals surface area contributed by atoms with E-state index in [2.05, 4.69) is 5.10 Å². The van der Waals surface area contributed by atoms with Crippen LogP contribution in [0.1, 0.15) is 15.9 Å². The number of fused-ring (bicyclic) bond motifs is 1. The summed E-state index contributed by atoms with van der Waals surface area (Å²) in [4.78, 5) is 19.3. The zero-order valence-corrected chi connectivity index (χ0v) is 16.5. The summed E-state index contributed by atoms with van der Waals surface area (Å²) in [5.41, 5.74) is 3.26. The van der Waals surface area contributed by atoms with Crippen molar-refractivity contribution in [2.75, 3.05) is 20.2 Å². The van der Waals surface area contributed by atoms with Crippen LogP contribution in [0.4, 0.5) is 4.39 Å². The van der Waals surface area contributed by atoms with Gasteiger partial charge in [0.2, 0.25) is 0 Å². The van der Waals surface area contributed by atoms with Gasteiger partial charge in [0.05, 0.1) is 36.0 Å². The summed E-state index contributed by atoms with van der Waals surface area (Å²) in [5, 5.41) is 14.2. The molecule has 0 bridgehead atoms. The van der Waals surface area contributed by atoms with Gasteiger partial charge in [-0.25, -0.2) is 14.1 Å². The first-order valence-corrected chi connectivity index (χ1v) is 9.59. The number of rotatable bonds is 6. The van der Waals surface area contributed by atoms with Crippen LogP contribution in [0.2, 0.25) is 0 Å². The molecule has 0 radical (unpaired) electrons. The minimum atomic E-state index is -0.316. The average Bonchev–Trinajstić information content (AvgIpc) is 3.16. The molecule has 0 spiro atoms. The Morgan fingerprint density at radius 2 is 1.93 bits per heavy atom. The highest BCUT2D eigenvalue weighted by Crippen LogP contribution is 2.26. The van der Waals surface area contributed by atoms with Crippen molar-refractivity contribution in [3.05, 3.63) is 83.8 Å². The fourth-order valence-corrected chi connectivity index (χ4v) is 3.36. The SMILES string of the molecule is CN(CCO)C(=O)c1cc(-c2ccccc2)nc2c1cnn2Cc1cccc(F)c1. The molecule has 0 aliphatic carbocycles. The van der Waals surface area contributed by atoms with E-state index < -0.39 is 0 Å². The van der Waals surface area contributed by atoms with Crippen LogP contribution in [0.3, 0.4) is 0 Å². The summed E-state index contributed by atoms with van der Waals surface area (Å²) in [6.07, 6.45) is 1.61. The Kier molecular flexibility index (Phi) is 5.54. The van der Waals surface area contributed by atoms with Gasteiger partial charge < -0.3 is 10.0 Å². The molecule has 4 aromatic rings. The topological polar surface area (TPSA) is 71.2 Å². The summed E-state index contributed by atoms with van der Waals surface area (Å²) in [6.45, 7) is 0.425. The molecule has 1 N–H and O–H groups in total. The molecule has 1 amide bonds. The summed E-state index contributed by atoms with van der Waals surface area (Å²) >= 11 is 0. The number of likely N-dealkylation sites (N-methyl/N-ethyl adjacent to an activating group) is 1. The Hall–Kier alpha value is -3.58. The predicted molar refractivity (Wildman–Crippen MR) is 113 cm³/mol. The summed E-state index contributed by atoms with van der Waals surface area (Å²) in [7, 11) is 1.64. The Morgan fingerprint density at radius 3 is 2.67 bits per heavy atom. The molecule has 152 valence electrons. The van der Waals surface area contributed by atoms with Crippen LogP contribution in [0.15, 0.2) is 66.9 Å². The lowest BCUT2D eigenvalue weighted by molar-refractivity contribution is 0.0769. The van der Waals surface area contributed by atoms with Gasteiger partial charge in [0, 0.05) is 19.2 Å². The van der Waals surface area contributed by atoms with Gasteiger partial charge in [-0.05, 0) is 23.8 Å². The number of carbonyl (C=O) groups is 1. The highest BCUT2D eigenvalue weighted by atomic mass is 19.1. The van der Waals surface area contributed by atoms with Crippen LogP contribution >= 0.6 is 0 Å². The maximum atomic E-state index is 13.6. The zero-order valence-electron chi connectivity index (χ0n) is 16.5. The molecule has 0 aliphatic heterocycles. The normalized spacial score (nSPS) is 11.0. The zero-order chi connectivity index (χ0) is 21.1. The van der Waals surface area contributed by atoms with E-state index in [4.69, 9.17) is 4.98 Å². The Balaban J connectivity index is 1.85. The third-order valence-corrected chi connectivity index (χ3v) is 4.91. The van der Waals surface area contributed by atoms with Crippen molar-refractivity contribution in [3.8, 4) is 11.3 Å². The molecule has 6 nitrogen and oxygen atoms in total. The summed E-state index contributed by atoms with van der Waals surface area (Å²) in [5.74, 6) is -0.540. The molecule has 0 saturated carbocycles. The predicted octanol–water partition coefficient (Wildman–Crippen LogP) is 3.35. The lowest BCUT2D eigenvalue weighted by atomic mass is 10.1. The third kappa shape index (κ3) is 3.92. The molecule has 0 atom stereocenters. The molecule has 0 saturated heterocycles. The molecule has 2 aromatic heterocycles. The largest absolute Gasteiger partial charge is 0.395 e. The first kappa shape index (κ1) is 19.7. The maximum Gasteiger partial charge on any atom is 0.254 e. The van der Waals surface area contributed by atoms with E-state index in [9.17, 15) is 14.3 Å². The molecule has 30 heavy (non-hydrogen) atoms. The van der Waals surface area contributed by atoms with Gasteiger partial charge in [-0.15, -0.1) is 0 Å². The molecule has 0 fully saturated rings. The molecule has 0 unspecified atom stereocenters. The van der Waals surface area contributed by atoms with Gasteiger partial charge in [-0.2, -0.15) is 5.10 Å². The van der Waals surface area contributed by atoms with E-state index >= 15 is 0 Å². The molecule has 2 heterocycles. The van der Waals surface area contributed by atoms with Crippen molar-refractivity contribution in [1.29, 1.82) is 0 Å². The lowest BCUT2D eigenvalue weighted by Gasteiger charge is -2.17.